The molecule has 1 aromatic carbocycles. The second kappa shape index (κ2) is 8.06. The summed E-state index contributed by atoms with van der Waals surface area (Å²) in [6.45, 7) is 1.68. The molecular formula is C15H14F3N3O3S. The summed E-state index contributed by atoms with van der Waals surface area (Å²) < 4.78 is 42.1. The van der Waals surface area contributed by atoms with Crippen molar-refractivity contribution < 1.29 is 27.3 Å². The van der Waals surface area contributed by atoms with Crippen molar-refractivity contribution in [2.75, 3.05) is 22.1 Å². The molecule has 6 nitrogen and oxygen atoms in total. The Kier molecular flexibility index (Phi) is 6.07. The fourth-order valence-electron chi connectivity index (χ4n) is 1.78. The minimum Gasteiger partial charge on any atom is -0.360 e. The fraction of sp³-hybridized carbons (Fsp3) is 0.267. The first-order chi connectivity index (χ1) is 11.7. The van der Waals surface area contributed by atoms with E-state index in [1.165, 1.54) is 12.1 Å². The maximum Gasteiger partial charge on any atom is 0.416 e. The highest BCUT2D eigenvalue weighted by atomic mass is 32.2. The molecule has 2 rings (SSSR count). The SMILES string of the molecule is Cc1cc(NC(=O)CSCC(=O)Nc2ccc(C(F)(F)F)cc2)no1. The van der Waals surface area contributed by atoms with E-state index in [0.717, 1.165) is 23.9 Å². The first-order valence-electron chi connectivity index (χ1n) is 7.02. The second-order valence-corrected chi connectivity index (χ2v) is 5.97. The van der Waals surface area contributed by atoms with Gasteiger partial charge in [-0.05, 0) is 31.2 Å². The van der Waals surface area contributed by atoms with Crippen LogP contribution in [0.1, 0.15) is 11.3 Å². The number of amides is 2. The number of carbonyl (C=O) groups excluding carboxylic acids is 2. The van der Waals surface area contributed by atoms with Gasteiger partial charge in [-0.2, -0.15) is 13.2 Å². The Morgan fingerprint density at radius 2 is 1.72 bits per heavy atom. The van der Waals surface area contributed by atoms with Crippen LogP contribution in [0.2, 0.25) is 0 Å². The molecule has 134 valence electrons. The summed E-state index contributed by atoms with van der Waals surface area (Å²) in [7, 11) is 0. The molecule has 0 saturated carbocycles. The molecule has 0 aliphatic rings. The number of carbonyl (C=O) groups is 2. The van der Waals surface area contributed by atoms with Crippen molar-refractivity contribution in [3.8, 4) is 0 Å². The summed E-state index contributed by atoms with van der Waals surface area (Å²) in [5, 5.41) is 8.57. The van der Waals surface area contributed by atoms with Gasteiger partial charge in [0.2, 0.25) is 11.8 Å². The van der Waals surface area contributed by atoms with Gasteiger partial charge in [0, 0.05) is 11.8 Å². The zero-order valence-electron chi connectivity index (χ0n) is 13.0. The molecule has 0 bridgehead atoms. The summed E-state index contributed by atoms with van der Waals surface area (Å²) in [4.78, 5) is 23.4. The maximum absolute atomic E-state index is 12.4. The first-order valence-corrected chi connectivity index (χ1v) is 8.17. The van der Waals surface area contributed by atoms with Crippen LogP contribution < -0.4 is 10.6 Å². The number of alkyl halides is 3. The quantitative estimate of drug-likeness (QED) is 0.812. The van der Waals surface area contributed by atoms with E-state index in [1.54, 1.807) is 13.0 Å². The third-order valence-corrected chi connectivity index (χ3v) is 3.79. The first kappa shape index (κ1) is 18.8. The topological polar surface area (TPSA) is 84.2 Å². The number of thioether (sulfide) groups is 1. The van der Waals surface area contributed by atoms with Crippen LogP contribution in [0.15, 0.2) is 34.9 Å². The molecule has 0 saturated heterocycles. The summed E-state index contributed by atoms with van der Waals surface area (Å²) in [6, 6.07) is 5.67. The minimum absolute atomic E-state index is 0.0202. The Morgan fingerprint density at radius 3 is 2.24 bits per heavy atom. The third-order valence-electron chi connectivity index (χ3n) is 2.86. The number of nitrogens with one attached hydrogen (secondary N) is 2. The van der Waals surface area contributed by atoms with Gasteiger partial charge in [0.1, 0.15) is 5.76 Å². The van der Waals surface area contributed by atoms with E-state index in [2.05, 4.69) is 15.8 Å². The Hall–Kier alpha value is -2.49. The number of aromatic nitrogens is 1. The molecule has 0 radical (unpaired) electrons. The molecule has 0 atom stereocenters. The van der Waals surface area contributed by atoms with Gasteiger partial charge < -0.3 is 15.2 Å². The van der Waals surface area contributed by atoms with Crippen molar-refractivity contribution in [2.24, 2.45) is 0 Å². The summed E-state index contributed by atoms with van der Waals surface area (Å²) in [6.07, 6.45) is -4.42. The molecule has 2 amide bonds. The van der Waals surface area contributed by atoms with Gasteiger partial charge in [-0.25, -0.2) is 0 Å². The Morgan fingerprint density at radius 1 is 1.12 bits per heavy atom. The third kappa shape index (κ3) is 6.14. The second-order valence-electron chi connectivity index (χ2n) is 4.99. The number of anilines is 2. The predicted octanol–water partition coefficient (Wildman–Crippen LogP) is 3.31. The Bertz CT molecular complexity index is 744. The lowest BCUT2D eigenvalue weighted by Gasteiger charge is -2.08. The van der Waals surface area contributed by atoms with Crippen LogP contribution in [0.25, 0.3) is 0 Å². The van der Waals surface area contributed by atoms with Gasteiger partial charge in [0.05, 0.1) is 17.1 Å². The molecular weight excluding hydrogens is 359 g/mol. The molecule has 1 heterocycles. The average Bonchev–Trinajstić information content (AvgIpc) is 2.92. The van der Waals surface area contributed by atoms with E-state index in [-0.39, 0.29) is 28.9 Å². The van der Waals surface area contributed by atoms with Gasteiger partial charge in [0.15, 0.2) is 5.82 Å². The van der Waals surface area contributed by atoms with Crippen molar-refractivity contribution in [1.29, 1.82) is 0 Å². The number of hydrogen-bond acceptors (Lipinski definition) is 5. The molecule has 0 spiro atoms. The van der Waals surface area contributed by atoms with Crippen LogP contribution in [0.4, 0.5) is 24.7 Å². The molecule has 10 heteroatoms. The summed E-state index contributed by atoms with van der Waals surface area (Å²) in [5.41, 5.74) is -0.541. The summed E-state index contributed by atoms with van der Waals surface area (Å²) >= 11 is 1.06. The highest BCUT2D eigenvalue weighted by molar-refractivity contribution is 8.00. The molecule has 1 aromatic heterocycles. The largest absolute Gasteiger partial charge is 0.416 e. The number of aryl methyl sites for hydroxylation is 1. The fourth-order valence-corrected chi connectivity index (χ4v) is 2.40. The molecule has 0 unspecified atom stereocenters. The van der Waals surface area contributed by atoms with Crippen molar-refractivity contribution in [3.05, 3.63) is 41.7 Å². The molecule has 0 fully saturated rings. The highest BCUT2D eigenvalue weighted by Crippen LogP contribution is 2.29. The van der Waals surface area contributed by atoms with Gasteiger partial charge in [-0.15, -0.1) is 11.8 Å². The Balaban J connectivity index is 1.72. The lowest BCUT2D eigenvalue weighted by atomic mass is 10.2. The number of benzene rings is 1. The maximum atomic E-state index is 12.4. The van der Waals surface area contributed by atoms with E-state index in [0.29, 0.717) is 5.76 Å². The molecule has 0 aliphatic carbocycles. The van der Waals surface area contributed by atoms with E-state index >= 15 is 0 Å². The molecule has 25 heavy (non-hydrogen) atoms. The van der Waals surface area contributed by atoms with Crippen molar-refractivity contribution in [3.63, 3.8) is 0 Å². The highest BCUT2D eigenvalue weighted by Gasteiger charge is 2.29. The molecule has 2 aromatic rings. The monoisotopic (exact) mass is 373 g/mol. The number of hydrogen-bond donors (Lipinski definition) is 2. The van der Waals surface area contributed by atoms with Crippen molar-refractivity contribution >= 4 is 35.1 Å². The molecule has 2 N–H and O–H groups in total. The van der Waals surface area contributed by atoms with E-state index < -0.39 is 17.6 Å². The number of halogens is 3. The standard InChI is InChI=1S/C15H14F3N3O3S/c1-9-6-12(21-24-9)20-14(23)8-25-7-13(22)19-11-4-2-10(3-5-11)15(16,17)18/h2-6H,7-8H2,1H3,(H,19,22)(H,20,21,23). The normalized spacial score (nSPS) is 11.2. The minimum atomic E-state index is -4.42. The van der Waals surface area contributed by atoms with E-state index in [9.17, 15) is 22.8 Å². The lowest BCUT2D eigenvalue weighted by molar-refractivity contribution is -0.137. The van der Waals surface area contributed by atoms with Crippen LogP contribution in [0, 0.1) is 6.92 Å². The molecule has 0 aliphatic heterocycles. The predicted molar refractivity (Wildman–Crippen MR) is 87.3 cm³/mol. The smallest absolute Gasteiger partial charge is 0.360 e. The van der Waals surface area contributed by atoms with E-state index in [1.807, 2.05) is 0 Å². The van der Waals surface area contributed by atoms with Crippen molar-refractivity contribution in [2.45, 2.75) is 13.1 Å². The Labute approximate surface area is 145 Å². The van der Waals surface area contributed by atoms with Crippen molar-refractivity contribution in [1.82, 2.24) is 5.16 Å². The zero-order valence-corrected chi connectivity index (χ0v) is 13.8. The van der Waals surface area contributed by atoms with E-state index in [4.69, 9.17) is 4.52 Å². The van der Waals surface area contributed by atoms with Gasteiger partial charge in [-0.3, -0.25) is 9.59 Å². The van der Waals surface area contributed by atoms with Gasteiger partial charge in [-0.1, -0.05) is 5.16 Å². The van der Waals surface area contributed by atoms with Crippen LogP contribution in [-0.2, 0) is 15.8 Å². The van der Waals surface area contributed by atoms with Crippen LogP contribution >= 0.6 is 11.8 Å². The number of nitrogens with zero attached hydrogens (tertiary/aromatic N) is 1. The lowest BCUT2D eigenvalue weighted by Crippen LogP contribution is -2.18. The van der Waals surface area contributed by atoms with Gasteiger partial charge >= 0.3 is 6.18 Å². The van der Waals surface area contributed by atoms with Crippen LogP contribution in [-0.4, -0.2) is 28.5 Å². The number of rotatable bonds is 6. The van der Waals surface area contributed by atoms with Crippen LogP contribution in [0.3, 0.4) is 0 Å². The van der Waals surface area contributed by atoms with Crippen LogP contribution in [0.5, 0.6) is 0 Å². The van der Waals surface area contributed by atoms with Gasteiger partial charge in [0.25, 0.3) is 0 Å². The zero-order chi connectivity index (χ0) is 18.4. The average molecular weight is 373 g/mol. The summed E-state index contributed by atoms with van der Waals surface area (Å²) in [5.74, 6) is 0.0742.